The molecule has 0 radical (unpaired) electrons. The van der Waals surface area contributed by atoms with Crippen molar-refractivity contribution in [1.82, 2.24) is 4.98 Å². The van der Waals surface area contributed by atoms with Crippen LogP contribution in [0, 0.1) is 6.92 Å². The largest absolute Gasteiger partial charge is 0.476 e. The van der Waals surface area contributed by atoms with Gasteiger partial charge >= 0.3 is 5.97 Å². The molecule has 0 bridgehead atoms. The first-order valence-electron chi connectivity index (χ1n) is 6.14. The summed E-state index contributed by atoms with van der Waals surface area (Å²) in [5.74, 6) is -1.90. The van der Waals surface area contributed by atoms with E-state index >= 15 is 0 Å². The second-order valence-electron chi connectivity index (χ2n) is 4.55. The first-order chi connectivity index (χ1) is 9.88. The summed E-state index contributed by atoms with van der Waals surface area (Å²) in [6.45, 7) is 3.54. The Hall–Kier alpha value is -1.92. The maximum absolute atomic E-state index is 12.2. The van der Waals surface area contributed by atoms with Gasteiger partial charge in [-0.05, 0) is 31.5 Å². The molecule has 2 N–H and O–H groups in total. The average molecular weight is 325 g/mol. The van der Waals surface area contributed by atoms with Gasteiger partial charge in [-0.2, -0.15) is 0 Å². The number of hydrogen-bond acceptors (Lipinski definition) is 4. The van der Waals surface area contributed by atoms with Gasteiger partial charge in [-0.3, -0.25) is 4.79 Å². The van der Waals surface area contributed by atoms with Crippen molar-refractivity contribution >= 4 is 40.5 Å². The maximum atomic E-state index is 12.2. The molecule has 110 valence electrons. The Labute approximate surface area is 130 Å². The van der Waals surface area contributed by atoms with Crippen LogP contribution in [0.5, 0.6) is 0 Å². The van der Waals surface area contributed by atoms with E-state index in [9.17, 15) is 9.59 Å². The van der Waals surface area contributed by atoms with Crippen LogP contribution < -0.4 is 5.32 Å². The van der Waals surface area contributed by atoms with Crippen molar-refractivity contribution in [3.05, 3.63) is 44.9 Å². The number of aryl methyl sites for hydroxylation is 1. The summed E-state index contributed by atoms with van der Waals surface area (Å²) in [5.41, 5.74) is 1.48. The zero-order valence-corrected chi connectivity index (χ0v) is 13.0. The minimum Gasteiger partial charge on any atom is -0.476 e. The number of nitrogens with zero attached hydrogens (tertiary/aromatic N) is 1. The lowest BCUT2D eigenvalue weighted by Crippen LogP contribution is -2.19. The number of aromatic nitrogens is 1. The fourth-order valence-electron chi connectivity index (χ4n) is 1.67. The first kappa shape index (κ1) is 15.5. The van der Waals surface area contributed by atoms with E-state index in [2.05, 4.69) is 10.3 Å². The van der Waals surface area contributed by atoms with Gasteiger partial charge in [-0.15, -0.1) is 11.3 Å². The molecule has 0 spiro atoms. The summed E-state index contributed by atoms with van der Waals surface area (Å²) >= 11 is 7.06. The average Bonchev–Trinajstić information content (AvgIpc) is 2.91. The standard InChI is InChI=1S/C14H13ClN2O3S/c1-7-3-4-9(15)5-10(7)16-12(18)8(2)13-17-11(6-21-13)14(19)20/h3-6,8H,1-2H3,(H,16,18)(H,19,20)/t8-/m1/s1. The maximum Gasteiger partial charge on any atom is 0.355 e. The molecule has 0 aliphatic rings. The molecule has 0 saturated carbocycles. The van der Waals surface area contributed by atoms with Crippen LogP contribution in [0.25, 0.3) is 0 Å². The van der Waals surface area contributed by atoms with Gasteiger partial charge in [0.1, 0.15) is 5.01 Å². The highest BCUT2D eigenvalue weighted by Gasteiger charge is 2.21. The van der Waals surface area contributed by atoms with Gasteiger partial charge in [0.05, 0.1) is 5.92 Å². The second kappa shape index (κ2) is 6.24. The molecule has 5 nitrogen and oxygen atoms in total. The van der Waals surface area contributed by atoms with Crippen molar-refractivity contribution in [3.63, 3.8) is 0 Å². The molecule has 2 aromatic rings. The summed E-state index contributed by atoms with van der Waals surface area (Å²) in [4.78, 5) is 27.0. The van der Waals surface area contributed by atoms with Crippen LogP contribution in [0.4, 0.5) is 5.69 Å². The lowest BCUT2D eigenvalue weighted by atomic mass is 10.1. The number of aromatic carboxylic acids is 1. The molecule has 21 heavy (non-hydrogen) atoms. The summed E-state index contributed by atoms with van der Waals surface area (Å²) in [7, 11) is 0. The Morgan fingerprint density at radius 3 is 2.76 bits per heavy atom. The van der Waals surface area contributed by atoms with Crippen LogP contribution in [0.2, 0.25) is 5.02 Å². The van der Waals surface area contributed by atoms with Crippen LogP contribution in [0.3, 0.4) is 0 Å². The van der Waals surface area contributed by atoms with E-state index in [1.54, 1.807) is 19.1 Å². The molecular formula is C14H13ClN2O3S. The molecule has 0 aliphatic heterocycles. The van der Waals surface area contributed by atoms with E-state index in [0.717, 1.165) is 16.9 Å². The monoisotopic (exact) mass is 324 g/mol. The summed E-state index contributed by atoms with van der Waals surface area (Å²) in [6.07, 6.45) is 0. The van der Waals surface area contributed by atoms with Gasteiger partial charge in [0.15, 0.2) is 5.69 Å². The van der Waals surface area contributed by atoms with Crippen LogP contribution in [0.15, 0.2) is 23.6 Å². The van der Waals surface area contributed by atoms with E-state index in [1.165, 1.54) is 5.38 Å². The van der Waals surface area contributed by atoms with Crippen LogP contribution in [-0.2, 0) is 4.79 Å². The Morgan fingerprint density at radius 2 is 2.14 bits per heavy atom. The SMILES string of the molecule is Cc1ccc(Cl)cc1NC(=O)[C@@H](C)c1nc(C(=O)O)cs1. The zero-order chi connectivity index (χ0) is 15.6. The molecule has 0 aliphatic carbocycles. The van der Waals surface area contributed by atoms with E-state index in [0.29, 0.717) is 15.7 Å². The highest BCUT2D eigenvalue weighted by atomic mass is 35.5. The van der Waals surface area contributed by atoms with Gasteiger partial charge in [0.25, 0.3) is 0 Å². The number of benzene rings is 1. The molecule has 1 amide bonds. The Morgan fingerprint density at radius 1 is 1.43 bits per heavy atom. The van der Waals surface area contributed by atoms with Crippen LogP contribution in [0.1, 0.15) is 33.9 Å². The normalized spacial score (nSPS) is 12.0. The van der Waals surface area contributed by atoms with Crippen LogP contribution in [-0.4, -0.2) is 22.0 Å². The fourth-order valence-corrected chi connectivity index (χ4v) is 2.69. The lowest BCUT2D eigenvalue weighted by molar-refractivity contribution is -0.117. The van der Waals surface area contributed by atoms with Crippen molar-refractivity contribution in [2.45, 2.75) is 19.8 Å². The Kier molecular flexibility index (Phi) is 4.59. The van der Waals surface area contributed by atoms with E-state index < -0.39 is 11.9 Å². The quantitative estimate of drug-likeness (QED) is 0.901. The number of carbonyl (C=O) groups excluding carboxylic acids is 1. The molecule has 1 heterocycles. The smallest absolute Gasteiger partial charge is 0.355 e. The molecule has 0 saturated heterocycles. The minimum absolute atomic E-state index is 0.0476. The number of thiazole rings is 1. The Bertz CT molecular complexity index is 699. The molecule has 2 rings (SSSR count). The number of carboxylic acid groups (broad SMARTS) is 1. The van der Waals surface area contributed by atoms with Gasteiger partial charge < -0.3 is 10.4 Å². The molecule has 0 unspecified atom stereocenters. The number of rotatable bonds is 4. The van der Waals surface area contributed by atoms with Crippen molar-refractivity contribution in [1.29, 1.82) is 0 Å². The van der Waals surface area contributed by atoms with Crippen molar-refractivity contribution in [2.75, 3.05) is 5.32 Å². The number of halogens is 1. The first-order valence-corrected chi connectivity index (χ1v) is 7.40. The third-order valence-electron chi connectivity index (χ3n) is 2.96. The van der Waals surface area contributed by atoms with E-state index in [1.807, 2.05) is 13.0 Å². The molecule has 1 aromatic carbocycles. The third-order valence-corrected chi connectivity index (χ3v) is 4.22. The van der Waals surface area contributed by atoms with Gasteiger partial charge in [0.2, 0.25) is 5.91 Å². The van der Waals surface area contributed by atoms with Crippen molar-refractivity contribution < 1.29 is 14.7 Å². The highest BCUT2D eigenvalue weighted by molar-refractivity contribution is 7.10. The number of amides is 1. The van der Waals surface area contributed by atoms with Crippen molar-refractivity contribution in [2.24, 2.45) is 0 Å². The van der Waals surface area contributed by atoms with Gasteiger partial charge in [0, 0.05) is 16.1 Å². The lowest BCUT2D eigenvalue weighted by Gasteiger charge is -2.12. The molecular weight excluding hydrogens is 312 g/mol. The van der Waals surface area contributed by atoms with E-state index in [-0.39, 0.29) is 11.6 Å². The van der Waals surface area contributed by atoms with E-state index in [4.69, 9.17) is 16.7 Å². The summed E-state index contributed by atoms with van der Waals surface area (Å²) in [6, 6.07) is 5.23. The summed E-state index contributed by atoms with van der Waals surface area (Å²) < 4.78 is 0. The molecule has 1 aromatic heterocycles. The molecule has 0 fully saturated rings. The number of anilines is 1. The third kappa shape index (κ3) is 3.59. The van der Waals surface area contributed by atoms with Crippen molar-refractivity contribution in [3.8, 4) is 0 Å². The number of nitrogens with one attached hydrogen (secondary N) is 1. The fraction of sp³-hybridized carbons (Fsp3) is 0.214. The predicted octanol–water partition coefficient (Wildman–Crippen LogP) is 3.55. The highest BCUT2D eigenvalue weighted by Crippen LogP contribution is 2.24. The zero-order valence-electron chi connectivity index (χ0n) is 11.4. The molecule has 1 atom stereocenters. The second-order valence-corrected chi connectivity index (χ2v) is 5.87. The minimum atomic E-state index is -1.10. The Balaban J connectivity index is 2.15. The van der Waals surface area contributed by atoms with Crippen LogP contribution >= 0.6 is 22.9 Å². The molecule has 7 heteroatoms. The van der Waals surface area contributed by atoms with Gasteiger partial charge in [-0.25, -0.2) is 9.78 Å². The number of carboxylic acids is 1. The van der Waals surface area contributed by atoms with Gasteiger partial charge in [-0.1, -0.05) is 17.7 Å². The summed E-state index contributed by atoms with van der Waals surface area (Å²) in [5, 5.41) is 14.1. The number of carbonyl (C=O) groups is 2. The topological polar surface area (TPSA) is 79.3 Å². The number of hydrogen-bond donors (Lipinski definition) is 2. The predicted molar refractivity (Wildman–Crippen MR) is 82.3 cm³/mol.